The molecule has 106 valence electrons. The van der Waals surface area contributed by atoms with E-state index < -0.39 is 19.3 Å². The summed E-state index contributed by atoms with van der Waals surface area (Å²) in [5, 5.41) is 38.7. The molecule has 1 aromatic carbocycles. The van der Waals surface area contributed by atoms with Crippen molar-refractivity contribution in [3.63, 3.8) is 0 Å². The van der Waals surface area contributed by atoms with Gasteiger partial charge in [-0.05, 0) is 12.1 Å². The Bertz CT molecular complexity index is 420. The molecule has 0 radical (unpaired) electrons. The van der Waals surface area contributed by atoms with Gasteiger partial charge in [-0.3, -0.25) is 10.1 Å². The van der Waals surface area contributed by atoms with E-state index in [1.165, 1.54) is 24.3 Å². The Kier molecular flexibility index (Phi) is 24.3. The molecule has 0 amide bonds. The molecule has 0 spiro atoms. The molecule has 0 bridgehead atoms. The number of benzene rings is 1. The van der Waals surface area contributed by atoms with Crippen LogP contribution in [0.3, 0.4) is 0 Å². The van der Waals surface area contributed by atoms with Crippen LogP contribution in [0.15, 0.2) is 24.3 Å². The van der Waals surface area contributed by atoms with Crippen molar-refractivity contribution in [3.8, 4) is 0 Å². The summed E-state index contributed by atoms with van der Waals surface area (Å²) < 4.78 is 0. The zero-order valence-corrected chi connectivity index (χ0v) is 8.76. The third kappa shape index (κ3) is 13.0. The molecule has 0 fully saturated rings. The molecule has 0 saturated heterocycles. The van der Waals surface area contributed by atoms with Crippen molar-refractivity contribution >= 4 is 101 Å². The molecule has 13 heteroatoms. The second-order valence-electron chi connectivity index (χ2n) is 2.66. The maximum absolute atomic E-state index is 10.8. The average molecular weight is 334 g/mol. The van der Waals surface area contributed by atoms with E-state index >= 15 is 0 Å². The molecule has 0 aromatic heterocycles. The van der Waals surface area contributed by atoms with Crippen LogP contribution in [0.25, 0.3) is 0 Å². The van der Waals surface area contributed by atoms with E-state index in [9.17, 15) is 9.59 Å². The van der Waals surface area contributed by atoms with Crippen LogP contribution >= 0.6 is 0 Å². The van der Waals surface area contributed by atoms with E-state index in [1.807, 2.05) is 0 Å². The van der Waals surface area contributed by atoms with Gasteiger partial charge in [0.25, 0.3) is 0 Å². The SMILES string of the molecule is O=C(O)c1ccccc1C(=O)OO.OOB(O)O.[MgH2].[NaH].[NaH]. The molecule has 5 N–H and O–H groups in total. The molecule has 0 unspecified atom stereocenters. The number of carboxylic acid groups (broad SMARTS) is 1. The van der Waals surface area contributed by atoms with Crippen molar-refractivity contribution in [2.24, 2.45) is 0 Å². The summed E-state index contributed by atoms with van der Waals surface area (Å²) in [6, 6.07) is 5.44. The summed E-state index contributed by atoms with van der Waals surface area (Å²) in [6.07, 6.45) is 0. The van der Waals surface area contributed by atoms with Crippen LogP contribution in [0.2, 0.25) is 0 Å². The summed E-state index contributed by atoms with van der Waals surface area (Å²) in [5.41, 5.74) is -0.390. The molecule has 0 atom stereocenters. The fourth-order valence-electron chi connectivity index (χ4n) is 0.897. The topological polar surface area (TPSA) is 154 Å². The van der Waals surface area contributed by atoms with Crippen molar-refractivity contribution in [2.45, 2.75) is 0 Å². The first-order valence-electron chi connectivity index (χ1n) is 4.28. The van der Waals surface area contributed by atoms with Crippen LogP contribution in [-0.2, 0) is 9.69 Å². The molecule has 21 heavy (non-hydrogen) atoms. The second kappa shape index (κ2) is 17.1. The Morgan fingerprint density at radius 2 is 1.38 bits per heavy atom. The van der Waals surface area contributed by atoms with Gasteiger partial charge in [0.1, 0.15) is 0 Å². The third-order valence-corrected chi connectivity index (χ3v) is 1.55. The first kappa shape index (κ1) is 29.8. The Labute approximate surface area is 180 Å². The molecule has 0 aliphatic rings. The molecule has 0 saturated carbocycles. The Morgan fingerprint density at radius 1 is 1.00 bits per heavy atom. The fourth-order valence-corrected chi connectivity index (χ4v) is 0.897. The number of hydrogen-bond donors (Lipinski definition) is 5. The van der Waals surface area contributed by atoms with Gasteiger partial charge in [0.05, 0.1) is 11.1 Å². The summed E-state index contributed by atoms with van der Waals surface area (Å²) in [4.78, 5) is 27.6. The standard InChI is InChI=1S/C8H6O5.BH3O4.Mg.2Na.4H/c9-7(10)5-3-1-2-4-6(5)8(11)13-12;2-1(3)5-4;;;;;;;/h1-4,12H,(H,9,10);2-4H;;;;;;;. The van der Waals surface area contributed by atoms with Gasteiger partial charge in [0.15, 0.2) is 0 Å². The number of rotatable bonds is 3. The van der Waals surface area contributed by atoms with Crippen molar-refractivity contribution in [1.82, 2.24) is 0 Å². The average Bonchev–Trinajstić information content (AvgIpc) is 2.38. The summed E-state index contributed by atoms with van der Waals surface area (Å²) in [7, 11) is -2.06. The van der Waals surface area contributed by atoms with Gasteiger partial charge in [-0.1, -0.05) is 12.1 Å². The van der Waals surface area contributed by atoms with Gasteiger partial charge in [-0.2, -0.15) is 5.26 Å². The van der Waals surface area contributed by atoms with Crippen LogP contribution in [0, 0.1) is 0 Å². The molecule has 1 rings (SSSR count). The first-order valence-corrected chi connectivity index (χ1v) is 4.28. The number of carboxylic acids is 1. The number of carbonyl (C=O) groups excluding carboxylic acids is 1. The third-order valence-electron chi connectivity index (χ3n) is 1.55. The molecule has 9 nitrogen and oxygen atoms in total. The molecular formula is C8H13BMgNa2O9. The molecule has 0 aliphatic carbocycles. The zero-order chi connectivity index (χ0) is 14.1. The minimum absolute atomic E-state index is 0. The second-order valence-corrected chi connectivity index (χ2v) is 2.66. The molecular weight excluding hydrogens is 321 g/mol. The maximum atomic E-state index is 10.8. The molecule has 0 aliphatic heterocycles. The van der Waals surface area contributed by atoms with Gasteiger partial charge in [-0.25, -0.2) is 14.4 Å². The molecule has 1 aromatic rings. The number of aromatic carboxylic acids is 1. The van der Waals surface area contributed by atoms with Gasteiger partial charge < -0.3 is 15.2 Å². The van der Waals surface area contributed by atoms with Crippen molar-refractivity contribution < 1.29 is 45.0 Å². The normalized spacial score (nSPS) is 7.62. The van der Waals surface area contributed by atoms with Gasteiger partial charge in [0, 0.05) is 0 Å². The predicted octanol–water partition coefficient (Wildman–Crippen LogP) is -2.75. The van der Waals surface area contributed by atoms with E-state index in [0.717, 1.165) is 0 Å². The zero-order valence-electron chi connectivity index (χ0n) is 8.76. The van der Waals surface area contributed by atoms with Crippen molar-refractivity contribution in [2.75, 3.05) is 0 Å². The van der Waals surface area contributed by atoms with Gasteiger partial charge in [-0.15, -0.1) is 0 Å². The first-order chi connectivity index (χ1) is 8.43. The van der Waals surface area contributed by atoms with Crippen LogP contribution in [0.4, 0.5) is 0 Å². The van der Waals surface area contributed by atoms with E-state index in [1.54, 1.807) is 0 Å². The number of hydrogen-bond acceptors (Lipinski definition) is 8. The fraction of sp³-hybridized carbons (Fsp3) is 0. The van der Waals surface area contributed by atoms with Crippen molar-refractivity contribution in [3.05, 3.63) is 35.4 Å². The minimum atomic E-state index is -2.06. The Morgan fingerprint density at radius 3 is 1.67 bits per heavy atom. The summed E-state index contributed by atoms with van der Waals surface area (Å²) in [6.45, 7) is 0. The van der Waals surface area contributed by atoms with Gasteiger partial charge >= 0.3 is 101 Å². The summed E-state index contributed by atoms with van der Waals surface area (Å²) >= 11 is 0. The van der Waals surface area contributed by atoms with Crippen LogP contribution in [-0.4, -0.2) is 127 Å². The number of carbonyl (C=O) groups is 2. The van der Waals surface area contributed by atoms with Gasteiger partial charge in [0.2, 0.25) is 0 Å². The quantitative estimate of drug-likeness (QED) is 0.225. The van der Waals surface area contributed by atoms with E-state index in [4.69, 9.17) is 25.7 Å². The van der Waals surface area contributed by atoms with Crippen LogP contribution in [0.5, 0.6) is 0 Å². The Balaban J connectivity index is -0.000000159. The summed E-state index contributed by atoms with van der Waals surface area (Å²) in [5.74, 6) is -2.33. The predicted molar refractivity (Wildman–Crippen MR) is 78.2 cm³/mol. The van der Waals surface area contributed by atoms with E-state index in [-0.39, 0.29) is 93.3 Å². The van der Waals surface area contributed by atoms with Crippen molar-refractivity contribution in [1.29, 1.82) is 0 Å². The monoisotopic (exact) mass is 334 g/mol. The van der Waals surface area contributed by atoms with Crippen LogP contribution < -0.4 is 0 Å². The molecule has 0 heterocycles. The Hall–Kier alpha value is 0.791. The van der Waals surface area contributed by atoms with E-state index in [0.29, 0.717) is 0 Å². The van der Waals surface area contributed by atoms with Crippen LogP contribution in [0.1, 0.15) is 20.7 Å². The van der Waals surface area contributed by atoms with E-state index in [2.05, 4.69) is 9.69 Å².